The number of hydrogen-bond donors (Lipinski definition) is 3. The minimum atomic E-state index is -0.204. The van der Waals surface area contributed by atoms with Gasteiger partial charge >= 0.3 is 6.03 Å². The first-order chi connectivity index (χ1) is 11.0. The summed E-state index contributed by atoms with van der Waals surface area (Å²) in [5, 5.41) is 15.3. The van der Waals surface area contributed by atoms with E-state index in [0.29, 0.717) is 19.1 Å². The second-order valence-corrected chi connectivity index (χ2v) is 6.68. The van der Waals surface area contributed by atoms with Crippen LogP contribution >= 0.6 is 0 Å². The van der Waals surface area contributed by atoms with Crippen molar-refractivity contribution in [2.75, 3.05) is 6.61 Å². The van der Waals surface area contributed by atoms with Crippen molar-refractivity contribution < 1.29 is 14.6 Å². The van der Waals surface area contributed by atoms with Crippen LogP contribution in [0, 0.1) is 5.92 Å². The van der Waals surface area contributed by atoms with E-state index in [1.807, 2.05) is 24.3 Å². The molecular formula is C18H28N2O3. The van der Waals surface area contributed by atoms with Crippen LogP contribution in [0.2, 0.25) is 0 Å². The molecule has 5 heteroatoms. The molecule has 128 valence electrons. The zero-order chi connectivity index (χ0) is 16.7. The zero-order valence-corrected chi connectivity index (χ0v) is 14.0. The number of benzene rings is 1. The number of nitrogens with one attached hydrogen (secondary N) is 2. The van der Waals surface area contributed by atoms with Gasteiger partial charge in [0, 0.05) is 12.6 Å². The van der Waals surface area contributed by atoms with Crippen LogP contribution in [0.15, 0.2) is 24.3 Å². The molecule has 1 fully saturated rings. The highest BCUT2D eigenvalue weighted by Gasteiger charge is 2.20. The molecule has 0 atom stereocenters. The predicted molar refractivity (Wildman–Crippen MR) is 90.4 cm³/mol. The minimum Gasteiger partial charge on any atom is -0.493 e. The van der Waals surface area contributed by atoms with Gasteiger partial charge in [-0.15, -0.1) is 0 Å². The molecule has 0 aliphatic heterocycles. The summed E-state index contributed by atoms with van der Waals surface area (Å²) < 4.78 is 5.69. The van der Waals surface area contributed by atoms with E-state index in [4.69, 9.17) is 4.74 Å². The monoisotopic (exact) mass is 320 g/mol. The lowest BCUT2D eigenvalue weighted by Gasteiger charge is -2.26. The number of hydrogen-bond acceptors (Lipinski definition) is 3. The fraction of sp³-hybridized carbons (Fsp3) is 0.611. The number of rotatable bonds is 6. The van der Waals surface area contributed by atoms with Crippen molar-refractivity contribution in [3.8, 4) is 5.75 Å². The molecule has 2 amide bonds. The number of aliphatic hydroxyl groups excluding tert-OH is 1. The summed E-state index contributed by atoms with van der Waals surface area (Å²) in [6.07, 6.45) is 3.00. The first-order valence-corrected chi connectivity index (χ1v) is 8.47. The van der Waals surface area contributed by atoms with E-state index < -0.39 is 0 Å². The van der Waals surface area contributed by atoms with Crippen LogP contribution in [-0.2, 0) is 6.54 Å². The topological polar surface area (TPSA) is 70.6 Å². The van der Waals surface area contributed by atoms with Crippen LogP contribution in [0.25, 0.3) is 0 Å². The van der Waals surface area contributed by atoms with Gasteiger partial charge in [-0.05, 0) is 49.3 Å². The quantitative estimate of drug-likeness (QED) is 0.755. The van der Waals surface area contributed by atoms with Gasteiger partial charge in [0.2, 0.25) is 0 Å². The van der Waals surface area contributed by atoms with Crippen molar-refractivity contribution in [1.29, 1.82) is 0 Å². The molecule has 0 heterocycles. The summed E-state index contributed by atoms with van der Waals surface area (Å²) in [6.45, 7) is 5.38. The first kappa shape index (κ1) is 17.6. The van der Waals surface area contributed by atoms with Gasteiger partial charge in [-0.1, -0.05) is 26.0 Å². The predicted octanol–water partition coefficient (Wildman–Crippen LogP) is 2.82. The molecule has 0 aromatic heterocycles. The maximum atomic E-state index is 12.0. The van der Waals surface area contributed by atoms with E-state index in [-0.39, 0.29) is 18.2 Å². The van der Waals surface area contributed by atoms with E-state index in [0.717, 1.165) is 37.0 Å². The van der Waals surface area contributed by atoms with Gasteiger partial charge in [0.25, 0.3) is 0 Å². The summed E-state index contributed by atoms with van der Waals surface area (Å²) in [4.78, 5) is 12.0. The maximum Gasteiger partial charge on any atom is 0.315 e. The van der Waals surface area contributed by atoms with Crippen LogP contribution < -0.4 is 15.4 Å². The van der Waals surface area contributed by atoms with Gasteiger partial charge in [-0.2, -0.15) is 0 Å². The third-order valence-corrected chi connectivity index (χ3v) is 3.97. The van der Waals surface area contributed by atoms with Crippen LogP contribution in [0.4, 0.5) is 4.79 Å². The van der Waals surface area contributed by atoms with Gasteiger partial charge in [-0.3, -0.25) is 0 Å². The molecule has 1 aliphatic carbocycles. The van der Waals surface area contributed by atoms with Crippen molar-refractivity contribution >= 4 is 6.03 Å². The number of carbonyl (C=O) groups is 1. The van der Waals surface area contributed by atoms with Crippen molar-refractivity contribution in [2.45, 2.75) is 58.2 Å². The third kappa shape index (κ3) is 6.48. The SMILES string of the molecule is CC(C)COc1cccc(CNC(=O)NC2CCC(O)CC2)c1. The Morgan fingerprint density at radius 2 is 2.04 bits per heavy atom. The minimum absolute atomic E-state index is 0.153. The third-order valence-electron chi connectivity index (χ3n) is 3.97. The number of urea groups is 1. The second kappa shape index (κ2) is 8.77. The lowest BCUT2D eigenvalue weighted by molar-refractivity contribution is 0.117. The molecule has 5 nitrogen and oxygen atoms in total. The highest BCUT2D eigenvalue weighted by atomic mass is 16.5. The summed E-state index contributed by atoms with van der Waals surface area (Å²) >= 11 is 0. The number of amides is 2. The summed E-state index contributed by atoms with van der Waals surface area (Å²) in [6, 6.07) is 7.81. The average molecular weight is 320 g/mol. The van der Waals surface area contributed by atoms with Crippen molar-refractivity contribution in [1.82, 2.24) is 10.6 Å². The average Bonchev–Trinajstić information content (AvgIpc) is 2.54. The zero-order valence-electron chi connectivity index (χ0n) is 14.0. The van der Waals surface area contributed by atoms with Crippen LogP contribution in [-0.4, -0.2) is 29.9 Å². The fourth-order valence-electron chi connectivity index (χ4n) is 2.65. The van der Waals surface area contributed by atoms with E-state index in [9.17, 15) is 9.90 Å². The lowest BCUT2D eigenvalue weighted by atomic mass is 9.93. The Morgan fingerprint density at radius 3 is 2.74 bits per heavy atom. The Balaban J connectivity index is 1.74. The van der Waals surface area contributed by atoms with Gasteiger partial charge in [-0.25, -0.2) is 4.79 Å². The van der Waals surface area contributed by atoms with E-state index in [1.165, 1.54) is 0 Å². The molecule has 2 rings (SSSR count). The molecule has 1 aromatic rings. The molecule has 0 spiro atoms. The normalized spacial score (nSPS) is 21.0. The number of aliphatic hydroxyl groups is 1. The summed E-state index contributed by atoms with van der Waals surface area (Å²) in [5.74, 6) is 1.32. The Bertz CT molecular complexity index is 497. The molecule has 0 saturated heterocycles. The Kier molecular flexibility index (Phi) is 6.71. The van der Waals surface area contributed by atoms with Gasteiger partial charge in [0.1, 0.15) is 5.75 Å². The largest absolute Gasteiger partial charge is 0.493 e. The summed E-state index contributed by atoms with van der Waals surface area (Å²) in [5.41, 5.74) is 1.01. The molecule has 1 saturated carbocycles. The van der Waals surface area contributed by atoms with E-state index >= 15 is 0 Å². The van der Waals surface area contributed by atoms with Crippen LogP contribution in [0.5, 0.6) is 5.75 Å². The van der Waals surface area contributed by atoms with E-state index in [2.05, 4.69) is 24.5 Å². The van der Waals surface area contributed by atoms with Crippen molar-refractivity contribution in [3.63, 3.8) is 0 Å². The van der Waals surface area contributed by atoms with Crippen molar-refractivity contribution in [3.05, 3.63) is 29.8 Å². The van der Waals surface area contributed by atoms with Gasteiger partial charge < -0.3 is 20.5 Å². The molecule has 0 unspecified atom stereocenters. The lowest BCUT2D eigenvalue weighted by Crippen LogP contribution is -2.43. The highest BCUT2D eigenvalue weighted by Crippen LogP contribution is 2.18. The Hall–Kier alpha value is -1.75. The molecular weight excluding hydrogens is 292 g/mol. The molecule has 1 aliphatic rings. The first-order valence-electron chi connectivity index (χ1n) is 8.47. The van der Waals surface area contributed by atoms with Crippen LogP contribution in [0.1, 0.15) is 45.1 Å². The molecule has 3 N–H and O–H groups in total. The Labute approximate surface area is 138 Å². The maximum absolute atomic E-state index is 12.0. The summed E-state index contributed by atoms with van der Waals surface area (Å²) in [7, 11) is 0. The van der Waals surface area contributed by atoms with Crippen molar-refractivity contribution in [2.24, 2.45) is 5.92 Å². The molecule has 23 heavy (non-hydrogen) atoms. The molecule has 1 aromatic carbocycles. The Morgan fingerprint density at radius 1 is 1.30 bits per heavy atom. The molecule has 0 bridgehead atoms. The fourth-order valence-corrected chi connectivity index (χ4v) is 2.65. The highest BCUT2D eigenvalue weighted by molar-refractivity contribution is 5.74. The standard InChI is InChI=1S/C18H28N2O3/c1-13(2)12-23-17-5-3-4-14(10-17)11-19-18(22)20-15-6-8-16(21)9-7-15/h3-5,10,13,15-16,21H,6-9,11-12H2,1-2H3,(H2,19,20,22). The van der Waals surface area contributed by atoms with E-state index in [1.54, 1.807) is 0 Å². The van der Waals surface area contributed by atoms with Gasteiger partial charge in [0.05, 0.1) is 12.7 Å². The van der Waals surface area contributed by atoms with Gasteiger partial charge in [0.15, 0.2) is 0 Å². The smallest absolute Gasteiger partial charge is 0.315 e. The van der Waals surface area contributed by atoms with Crippen LogP contribution in [0.3, 0.4) is 0 Å². The molecule has 0 radical (unpaired) electrons. The number of carbonyl (C=O) groups excluding carboxylic acids is 1. The second-order valence-electron chi connectivity index (χ2n) is 6.68. The number of ether oxygens (including phenoxy) is 1.